The SMILES string of the molecule is CC(C)CC(NC(=O)C(Cc1ccccc1)NC(=O)C(N)CCCN=C(N)N)C(=O)NC(Cc1ccccc1)C(=O)O. The summed E-state index contributed by atoms with van der Waals surface area (Å²) in [6, 6.07) is 13.9. The van der Waals surface area contributed by atoms with Crippen LogP contribution in [0.1, 0.15) is 44.2 Å². The molecule has 3 amide bonds. The molecule has 4 atom stereocenters. The number of nitrogens with zero attached hydrogens (tertiary/aromatic N) is 1. The van der Waals surface area contributed by atoms with Gasteiger partial charge in [-0.1, -0.05) is 74.5 Å². The van der Waals surface area contributed by atoms with E-state index in [1.54, 1.807) is 24.3 Å². The number of nitrogens with one attached hydrogen (secondary N) is 3. The molecule has 0 fully saturated rings. The van der Waals surface area contributed by atoms with Crippen molar-refractivity contribution in [2.24, 2.45) is 28.1 Å². The minimum atomic E-state index is -1.19. The third-order valence-corrected chi connectivity index (χ3v) is 6.46. The number of carboxylic acid groups (broad SMARTS) is 1. The quantitative estimate of drug-likeness (QED) is 0.0788. The van der Waals surface area contributed by atoms with Crippen molar-refractivity contribution < 1.29 is 24.3 Å². The highest BCUT2D eigenvalue weighted by molar-refractivity contribution is 5.94. The van der Waals surface area contributed by atoms with Crippen LogP contribution in [0.5, 0.6) is 0 Å². The molecular weight excluding hydrogens is 538 g/mol. The molecule has 228 valence electrons. The van der Waals surface area contributed by atoms with Gasteiger partial charge < -0.3 is 38.3 Å². The molecule has 2 rings (SSSR count). The van der Waals surface area contributed by atoms with Crippen LogP contribution in [0.15, 0.2) is 65.7 Å². The van der Waals surface area contributed by atoms with E-state index in [-0.39, 0.29) is 31.1 Å². The molecule has 0 aliphatic carbocycles. The monoisotopic (exact) mass is 581 g/mol. The first-order valence-electron chi connectivity index (χ1n) is 14.0. The smallest absolute Gasteiger partial charge is 0.326 e. The number of benzene rings is 2. The Morgan fingerprint density at radius 1 is 0.762 bits per heavy atom. The van der Waals surface area contributed by atoms with Crippen LogP contribution in [0.3, 0.4) is 0 Å². The molecule has 4 unspecified atom stereocenters. The van der Waals surface area contributed by atoms with Gasteiger partial charge in [0.05, 0.1) is 6.04 Å². The van der Waals surface area contributed by atoms with Gasteiger partial charge in [-0.3, -0.25) is 19.4 Å². The Labute approximate surface area is 246 Å². The summed E-state index contributed by atoms with van der Waals surface area (Å²) >= 11 is 0. The largest absolute Gasteiger partial charge is 0.480 e. The van der Waals surface area contributed by atoms with E-state index in [0.717, 1.165) is 11.1 Å². The number of amides is 3. The number of aliphatic carboxylic acids is 1. The first kappa shape index (κ1) is 33.8. The molecule has 0 aliphatic heterocycles. The van der Waals surface area contributed by atoms with E-state index in [4.69, 9.17) is 17.2 Å². The first-order valence-corrected chi connectivity index (χ1v) is 14.0. The Morgan fingerprint density at radius 3 is 1.74 bits per heavy atom. The zero-order valence-corrected chi connectivity index (χ0v) is 24.2. The minimum absolute atomic E-state index is 0.000690. The van der Waals surface area contributed by atoms with Gasteiger partial charge >= 0.3 is 5.97 Å². The number of hydrogen-bond acceptors (Lipinski definition) is 6. The Morgan fingerprint density at radius 2 is 1.24 bits per heavy atom. The molecule has 2 aromatic carbocycles. The standard InChI is InChI=1S/C30H43N7O5/c1-19(2)16-23(27(39)37-25(29(41)42)18-21-12-7-4-8-13-21)36-28(40)24(17-20-10-5-3-6-11-20)35-26(38)22(31)14-9-15-34-30(32)33/h3-8,10-13,19,22-25H,9,14-18,31H2,1-2H3,(H,35,38)(H,36,40)(H,37,39)(H,41,42)(H4,32,33,34). The third kappa shape index (κ3) is 12.4. The summed E-state index contributed by atoms with van der Waals surface area (Å²) in [6.45, 7) is 4.08. The zero-order chi connectivity index (χ0) is 31.1. The lowest BCUT2D eigenvalue weighted by Crippen LogP contribution is -2.58. The van der Waals surface area contributed by atoms with Crippen molar-refractivity contribution >= 4 is 29.7 Å². The van der Waals surface area contributed by atoms with E-state index in [0.29, 0.717) is 19.4 Å². The molecule has 0 spiro atoms. The Bertz CT molecular complexity index is 1190. The van der Waals surface area contributed by atoms with Crippen molar-refractivity contribution in [1.29, 1.82) is 0 Å². The number of nitrogens with two attached hydrogens (primary N) is 3. The van der Waals surface area contributed by atoms with Crippen molar-refractivity contribution in [1.82, 2.24) is 16.0 Å². The average Bonchev–Trinajstić information content (AvgIpc) is 2.94. The molecule has 10 N–H and O–H groups in total. The van der Waals surface area contributed by atoms with Crippen molar-refractivity contribution in [3.05, 3.63) is 71.8 Å². The fourth-order valence-electron chi connectivity index (χ4n) is 4.29. The van der Waals surface area contributed by atoms with Crippen molar-refractivity contribution in [3.63, 3.8) is 0 Å². The average molecular weight is 582 g/mol. The summed E-state index contributed by atoms with van der Waals surface area (Å²) in [6.07, 6.45) is 1.25. The summed E-state index contributed by atoms with van der Waals surface area (Å²) in [5.74, 6) is -2.99. The van der Waals surface area contributed by atoms with E-state index in [1.807, 2.05) is 50.2 Å². The fraction of sp³-hybridized carbons (Fsp3) is 0.433. The number of carboxylic acids is 1. The maximum atomic E-state index is 13.5. The summed E-state index contributed by atoms with van der Waals surface area (Å²) in [5, 5.41) is 17.8. The molecule has 0 heterocycles. The van der Waals surface area contributed by atoms with Crippen LogP contribution in [-0.2, 0) is 32.0 Å². The number of hydrogen-bond donors (Lipinski definition) is 7. The topological polar surface area (TPSA) is 215 Å². The third-order valence-electron chi connectivity index (χ3n) is 6.46. The van der Waals surface area contributed by atoms with Crippen LogP contribution in [0.25, 0.3) is 0 Å². The van der Waals surface area contributed by atoms with E-state index < -0.39 is 47.9 Å². The normalized spacial score (nSPS) is 13.7. The van der Waals surface area contributed by atoms with E-state index in [9.17, 15) is 24.3 Å². The Balaban J connectivity index is 2.17. The van der Waals surface area contributed by atoms with Crippen LogP contribution < -0.4 is 33.2 Å². The van der Waals surface area contributed by atoms with Gasteiger partial charge in [0.1, 0.15) is 18.1 Å². The molecule has 0 aliphatic rings. The number of rotatable bonds is 17. The molecule has 0 saturated carbocycles. The van der Waals surface area contributed by atoms with Crippen LogP contribution in [0, 0.1) is 5.92 Å². The van der Waals surface area contributed by atoms with Gasteiger partial charge in [-0.05, 0) is 36.3 Å². The molecule has 2 aromatic rings. The van der Waals surface area contributed by atoms with Crippen LogP contribution >= 0.6 is 0 Å². The summed E-state index contributed by atoms with van der Waals surface area (Å²) in [5.41, 5.74) is 18.2. The molecule has 42 heavy (non-hydrogen) atoms. The molecular formula is C30H43N7O5. The van der Waals surface area contributed by atoms with Crippen LogP contribution in [-0.4, -0.2) is 65.5 Å². The maximum Gasteiger partial charge on any atom is 0.326 e. The van der Waals surface area contributed by atoms with E-state index in [1.165, 1.54) is 0 Å². The van der Waals surface area contributed by atoms with Gasteiger partial charge in [-0.25, -0.2) is 4.79 Å². The predicted octanol–water partition coefficient (Wildman–Crippen LogP) is 0.438. The molecule has 0 radical (unpaired) electrons. The summed E-state index contributed by atoms with van der Waals surface area (Å²) in [4.78, 5) is 55.6. The fourth-order valence-corrected chi connectivity index (χ4v) is 4.29. The van der Waals surface area contributed by atoms with Gasteiger partial charge in [0.2, 0.25) is 17.7 Å². The molecule has 12 nitrogen and oxygen atoms in total. The van der Waals surface area contributed by atoms with Gasteiger partial charge in [-0.2, -0.15) is 0 Å². The van der Waals surface area contributed by atoms with E-state index in [2.05, 4.69) is 20.9 Å². The summed E-state index contributed by atoms with van der Waals surface area (Å²) in [7, 11) is 0. The van der Waals surface area contributed by atoms with Gasteiger partial charge in [0, 0.05) is 19.4 Å². The molecule has 0 bridgehead atoms. The molecule has 0 aromatic heterocycles. The van der Waals surface area contributed by atoms with Crippen LogP contribution in [0.2, 0.25) is 0 Å². The van der Waals surface area contributed by atoms with Crippen LogP contribution in [0.4, 0.5) is 0 Å². The number of carbonyl (C=O) groups excluding carboxylic acids is 3. The minimum Gasteiger partial charge on any atom is -0.480 e. The van der Waals surface area contributed by atoms with Crippen molar-refractivity contribution in [2.45, 2.75) is 70.1 Å². The lowest BCUT2D eigenvalue weighted by Gasteiger charge is -2.26. The second kappa shape index (κ2) is 17.4. The second-order valence-corrected chi connectivity index (χ2v) is 10.6. The Hall–Kier alpha value is -4.45. The predicted molar refractivity (Wildman–Crippen MR) is 161 cm³/mol. The first-order chi connectivity index (χ1) is 20.0. The van der Waals surface area contributed by atoms with E-state index >= 15 is 0 Å². The maximum absolute atomic E-state index is 13.5. The number of aliphatic imine (C=N–C) groups is 1. The van der Waals surface area contributed by atoms with Gasteiger partial charge in [-0.15, -0.1) is 0 Å². The Kier molecular flexibility index (Phi) is 14.0. The summed E-state index contributed by atoms with van der Waals surface area (Å²) < 4.78 is 0. The lowest BCUT2D eigenvalue weighted by molar-refractivity contribution is -0.142. The lowest BCUT2D eigenvalue weighted by atomic mass is 9.99. The van der Waals surface area contributed by atoms with Gasteiger partial charge in [0.15, 0.2) is 5.96 Å². The van der Waals surface area contributed by atoms with Crippen molar-refractivity contribution in [3.8, 4) is 0 Å². The molecule has 12 heteroatoms. The number of carbonyl (C=O) groups is 4. The number of guanidine groups is 1. The highest BCUT2D eigenvalue weighted by Gasteiger charge is 2.31. The highest BCUT2D eigenvalue weighted by atomic mass is 16.4. The highest BCUT2D eigenvalue weighted by Crippen LogP contribution is 2.10. The van der Waals surface area contributed by atoms with Crippen molar-refractivity contribution in [2.75, 3.05) is 6.54 Å². The second-order valence-electron chi connectivity index (χ2n) is 10.6. The van der Waals surface area contributed by atoms with Gasteiger partial charge in [0.25, 0.3) is 0 Å². The zero-order valence-electron chi connectivity index (χ0n) is 24.2. The molecule has 0 saturated heterocycles.